The Morgan fingerprint density at radius 2 is 1.65 bits per heavy atom. The quantitative estimate of drug-likeness (QED) is 0.807. The fourth-order valence-corrected chi connectivity index (χ4v) is 1.15. The number of carbonyl (C=O) groups is 2. The highest BCUT2D eigenvalue weighted by atomic mass is 16.5. The number of hydrogen-bond donors (Lipinski definition) is 1. The first kappa shape index (κ1) is 13.2. The van der Waals surface area contributed by atoms with Crippen LogP contribution in [0.3, 0.4) is 0 Å². The number of esters is 2. The summed E-state index contributed by atoms with van der Waals surface area (Å²) in [6, 6.07) is 0. The van der Waals surface area contributed by atoms with Crippen LogP contribution >= 0.6 is 0 Å². The monoisotopic (exact) mass is 240 g/mol. The molecule has 0 saturated heterocycles. The van der Waals surface area contributed by atoms with E-state index in [1.54, 1.807) is 27.7 Å². The molecule has 0 amide bonds. The van der Waals surface area contributed by atoms with Crippen LogP contribution in [0.1, 0.15) is 48.5 Å². The van der Waals surface area contributed by atoms with E-state index < -0.39 is 11.9 Å². The lowest BCUT2D eigenvalue weighted by Crippen LogP contribution is -2.18. The Morgan fingerprint density at radius 3 is 2.18 bits per heavy atom. The molecule has 0 unspecified atom stereocenters. The van der Waals surface area contributed by atoms with Crippen LogP contribution in [0.2, 0.25) is 0 Å². The molecular weight excluding hydrogens is 224 g/mol. The van der Waals surface area contributed by atoms with Gasteiger partial charge in [0, 0.05) is 0 Å². The third-order valence-corrected chi connectivity index (χ3v) is 1.75. The first-order valence-corrected chi connectivity index (χ1v) is 5.37. The SMILES string of the molecule is CC(C)OC(=O)c1cn[nH]c1C(=O)OC(C)C. The topological polar surface area (TPSA) is 81.3 Å². The molecule has 1 aromatic rings. The molecule has 17 heavy (non-hydrogen) atoms. The van der Waals surface area contributed by atoms with Crippen molar-refractivity contribution in [2.24, 2.45) is 0 Å². The first-order valence-electron chi connectivity index (χ1n) is 5.37. The van der Waals surface area contributed by atoms with Crippen LogP contribution in [-0.4, -0.2) is 34.3 Å². The van der Waals surface area contributed by atoms with Crippen molar-refractivity contribution in [2.45, 2.75) is 39.9 Å². The van der Waals surface area contributed by atoms with Gasteiger partial charge in [-0.1, -0.05) is 0 Å². The number of hydrogen-bond acceptors (Lipinski definition) is 5. The number of aromatic amines is 1. The molecular formula is C11H16N2O4. The summed E-state index contributed by atoms with van der Waals surface area (Å²) >= 11 is 0. The number of nitrogens with one attached hydrogen (secondary N) is 1. The van der Waals surface area contributed by atoms with Gasteiger partial charge in [-0.2, -0.15) is 5.10 Å². The van der Waals surface area contributed by atoms with Crippen molar-refractivity contribution in [2.75, 3.05) is 0 Å². The van der Waals surface area contributed by atoms with E-state index in [4.69, 9.17) is 9.47 Å². The number of rotatable bonds is 4. The standard InChI is InChI=1S/C11H16N2O4/c1-6(2)16-10(14)8-5-12-13-9(8)11(15)17-7(3)4/h5-7H,1-4H3,(H,12,13). The predicted octanol–water partition coefficient (Wildman–Crippen LogP) is 1.54. The summed E-state index contributed by atoms with van der Waals surface area (Å²) in [7, 11) is 0. The molecule has 0 fully saturated rings. The Labute approximate surface area is 99.3 Å². The summed E-state index contributed by atoms with van der Waals surface area (Å²) in [5, 5.41) is 6.09. The van der Waals surface area contributed by atoms with Crippen molar-refractivity contribution in [1.29, 1.82) is 0 Å². The molecule has 6 nitrogen and oxygen atoms in total. The molecule has 0 bridgehead atoms. The fraction of sp³-hybridized carbons (Fsp3) is 0.545. The van der Waals surface area contributed by atoms with Gasteiger partial charge in [-0.05, 0) is 27.7 Å². The summed E-state index contributed by atoms with van der Waals surface area (Å²) in [6.07, 6.45) is 0.730. The molecule has 0 radical (unpaired) electrons. The molecule has 6 heteroatoms. The summed E-state index contributed by atoms with van der Waals surface area (Å²) in [5.41, 5.74) is 0.105. The number of H-pyrrole nitrogens is 1. The molecule has 0 aliphatic heterocycles. The van der Waals surface area contributed by atoms with Crippen LogP contribution in [-0.2, 0) is 9.47 Å². The fourth-order valence-electron chi connectivity index (χ4n) is 1.15. The second-order valence-electron chi connectivity index (χ2n) is 4.07. The van der Waals surface area contributed by atoms with Crippen LogP contribution in [0.5, 0.6) is 0 Å². The molecule has 0 saturated carbocycles. The van der Waals surface area contributed by atoms with Gasteiger partial charge in [0.1, 0.15) is 5.56 Å². The van der Waals surface area contributed by atoms with Crippen molar-refractivity contribution in [1.82, 2.24) is 10.2 Å². The van der Waals surface area contributed by atoms with E-state index in [-0.39, 0.29) is 23.5 Å². The lowest BCUT2D eigenvalue weighted by atomic mass is 10.2. The third-order valence-electron chi connectivity index (χ3n) is 1.75. The van der Waals surface area contributed by atoms with Gasteiger partial charge in [0.25, 0.3) is 0 Å². The minimum Gasteiger partial charge on any atom is -0.459 e. The zero-order valence-corrected chi connectivity index (χ0v) is 10.3. The van der Waals surface area contributed by atoms with E-state index in [0.29, 0.717) is 0 Å². The first-order chi connectivity index (χ1) is 7.91. The Hall–Kier alpha value is -1.85. The molecule has 94 valence electrons. The number of nitrogens with zero attached hydrogens (tertiary/aromatic N) is 1. The van der Waals surface area contributed by atoms with Crippen molar-refractivity contribution in [3.63, 3.8) is 0 Å². The molecule has 0 aromatic carbocycles. The minimum atomic E-state index is -0.617. The van der Waals surface area contributed by atoms with Gasteiger partial charge in [-0.25, -0.2) is 9.59 Å². The summed E-state index contributed by atoms with van der Waals surface area (Å²) < 4.78 is 9.96. The Balaban J connectivity index is 2.85. The van der Waals surface area contributed by atoms with Gasteiger partial charge < -0.3 is 9.47 Å². The molecule has 0 aliphatic rings. The Bertz CT molecular complexity index is 373. The summed E-state index contributed by atoms with van der Waals surface area (Å²) in [6.45, 7) is 6.90. The van der Waals surface area contributed by atoms with Crippen LogP contribution in [0.15, 0.2) is 6.20 Å². The minimum absolute atomic E-state index is 0.0179. The van der Waals surface area contributed by atoms with Crippen molar-refractivity contribution in [3.05, 3.63) is 17.5 Å². The van der Waals surface area contributed by atoms with Crippen LogP contribution in [0.4, 0.5) is 0 Å². The maximum atomic E-state index is 11.6. The van der Waals surface area contributed by atoms with Gasteiger partial charge >= 0.3 is 11.9 Å². The van der Waals surface area contributed by atoms with Crippen LogP contribution in [0.25, 0.3) is 0 Å². The number of aromatic nitrogens is 2. The second-order valence-corrected chi connectivity index (χ2v) is 4.07. The predicted molar refractivity (Wildman–Crippen MR) is 59.7 cm³/mol. The lowest BCUT2D eigenvalue weighted by Gasteiger charge is -2.09. The molecule has 0 atom stereocenters. The zero-order chi connectivity index (χ0) is 13.0. The summed E-state index contributed by atoms with van der Waals surface area (Å²) in [4.78, 5) is 23.3. The molecule has 0 spiro atoms. The van der Waals surface area contributed by atoms with E-state index in [0.717, 1.165) is 0 Å². The molecule has 1 aromatic heterocycles. The van der Waals surface area contributed by atoms with Gasteiger partial charge in [0.15, 0.2) is 5.69 Å². The molecule has 1 N–H and O–H groups in total. The number of carbonyl (C=O) groups excluding carboxylic acids is 2. The average molecular weight is 240 g/mol. The largest absolute Gasteiger partial charge is 0.459 e. The molecule has 1 heterocycles. The maximum absolute atomic E-state index is 11.6. The van der Waals surface area contributed by atoms with E-state index in [2.05, 4.69) is 10.2 Å². The number of ether oxygens (including phenoxy) is 2. The van der Waals surface area contributed by atoms with E-state index in [9.17, 15) is 9.59 Å². The third kappa shape index (κ3) is 3.58. The average Bonchev–Trinajstić information content (AvgIpc) is 2.63. The molecule has 1 rings (SSSR count). The van der Waals surface area contributed by atoms with E-state index in [1.807, 2.05) is 0 Å². The van der Waals surface area contributed by atoms with Crippen molar-refractivity contribution in [3.8, 4) is 0 Å². The zero-order valence-electron chi connectivity index (χ0n) is 10.3. The van der Waals surface area contributed by atoms with Crippen LogP contribution in [0, 0.1) is 0 Å². The molecule has 0 aliphatic carbocycles. The van der Waals surface area contributed by atoms with Gasteiger partial charge in [-0.3, -0.25) is 5.10 Å². The highest BCUT2D eigenvalue weighted by Crippen LogP contribution is 2.10. The van der Waals surface area contributed by atoms with Gasteiger partial charge in [0.2, 0.25) is 0 Å². The van der Waals surface area contributed by atoms with Gasteiger partial charge in [0.05, 0.1) is 18.4 Å². The van der Waals surface area contributed by atoms with E-state index in [1.165, 1.54) is 6.20 Å². The normalized spacial score (nSPS) is 10.7. The lowest BCUT2D eigenvalue weighted by molar-refractivity contribution is 0.0324. The summed E-state index contributed by atoms with van der Waals surface area (Å²) in [5.74, 6) is -1.21. The van der Waals surface area contributed by atoms with E-state index >= 15 is 0 Å². The van der Waals surface area contributed by atoms with Crippen molar-refractivity contribution >= 4 is 11.9 Å². The smallest absolute Gasteiger partial charge is 0.357 e. The Morgan fingerprint density at radius 1 is 1.12 bits per heavy atom. The highest BCUT2D eigenvalue weighted by Gasteiger charge is 2.23. The van der Waals surface area contributed by atoms with Gasteiger partial charge in [-0.15, -0.1) is 0 Å². The second kappa shape index (κ2) is 5.47. The van der Waals surface area contributed by atoms with Crippen LogP contribution < -0.4 is 0 Å². The Kier molecular flexibility index (Phi) is 4.25. The van der Waals surface area contributed by atoms with Crippen molar-refractivity contribution < 1.29 is 19.1 Å². The highest BCUT2D eigenvalue weighted by molar-refractivity contribution is 6.01. The maximum Gasteiger partial charge on any atom is 0.357 e.